The monoisotopic (exact) mass is 278 g/mol. The predicted molar refractivity (Wildman–Crippen MR) is 73.7 cm³/mol. The Morgan fingerprint density at radius 2 is 2.05 bits per heavy atom. The van der Waals surface area contributed by atoms with Gasteiger partial charge in [-0.05, 0) is 18.6 Å². The fourth-order valence-corrected chi connectivity index (χ4v) is 2.55. The Balaban J connectivity index is 1.91. The van der Waals surface area contributed by atoms with Crippen molar-refractivity contribution in [3.63, 3.8) is 0 Å². The van der Waals surface area contributed by atoms with E-state index in [0.29, 0.717) is 11.3 Å². The first-order valence-corrected chi connectivity index (χ1v) is 6.66. The number of nitrogens with zero attached hydrogens (tertiary/aromatic N) is 2. The number of aryl methyl sites for hydroxylation is 1. The number of hydrogen-bond donors (Lipinski definition) is 0. The van der Waals surface area contributed by atoms with Gasteiger partial charge in [-0.1, -0.05) is 11.6 Å². The van der Waals surface area contributed by atoms with Crippen molar-refractivity contribution in [2.75, 3.05) is 7.11 Å². The van der Waals surface area contributed by atoms with Crippen molar-refractivity contribution in [2.45, 2.75) is 32.0 Å². The minimum atomic E-state index is 0.191. The summed E-state index contributed by atoms with van der Waals surface area (Å²) in [6, 6.07) is 3.65. The first-order valence-electron chi connectivity index (χ1n) is 6.28. The molecule has 2 heterocycles. The van der Waals surface area contributed by atoms with Gasteiger partial charge in [0.25, 0.3) is 0 Å². The smallest absolute Gasteiger partial charge is 0.149 e. The highest BCUT2D eigenvalue weighted by atomic mass is 35.5. The number of ether oxygens (including phenoxy) is 2. The topological polar surface area (TPSA) is 44.2 Å². The van der Waals surface area contributed by atoms with Crippen LogP contribution in [-0.4, -0.2) is 29.3 Å². The van der Waals surface area contributed by atoms with Gasteiger partial charge in [0.05, 0.1) is 11.6 Å². The van der Waals surface area contributed by atoms with E-state index in [2.05, 4.69) is 9.97 Å². The quantitative estimate of drug-likeness (QED) is 0.809. The van der Waals surface area contributed by atoms with Crippen LogP contribution in [0.5, 0.6) is 5.75 Å². The second-order valence-electron chi connectivity index (χ2n) is 4.84. The molecule has 0 amide bonds. The lowest BCUT2D eigenvalue weighted by molar-refractivity contribution is -0.0376. The molecule has 0 radical (unpaired) electrons. The fourth-order valence-electron chi connectivity index (χ4n) is 2.30. The summed E-state index contributed by atoms with van der Waals surface area (Å²) in [7, 11) is 1.73. The summed E-state index contributed by atoms with van der Waals surface area (Å²) >= 11 is 6.01. The fraction of sp³-hybridized carbons (Fsp3) is 0.429. The van der Waals surface area contributed by atoms with E-state index in [-0.39, 0.29) is 6.10 Å². The van der Waals surface area contributed by atoms with E-state index < -0.39 is 0 Å². The van der Waals surface area contributed by atoms with Crippen LogP contribution < -0.4 is 4.74 Å². The molecule has 0 saturated heterocycles. The first-order chi connectivity index (χ1) is 9.17. The van der Waals surface area contributed by atoms with Gasteiger partial charge in [0.2, 0.25) is 0 Å². The highest BCUT2D eigenvalue weighted by Crippen LogP contribution is 2.32. The van der Waals surface area contributed by atoms with Crippen LogP contribution in [0.2, 0.25) is 5.15 Å². The van der Waals surface area contributed by atoms with Crippen molar-refractivity contribution in [3.05, 3.63) is 29.0 Å². The molecular formula is C14H15ClN2O2. The third-order valence-electron chi connectivity index (χ3n) is 3.49. The van der Waals surface area contributed by atoms with Crippen molar-refractivity contribution in [2.24, 2.45) is 0 Å². The highest BCUT2D eigenvalue weighted by molar-refractivity contribution is 6.29. The third-order valence-corrected chi connectivity index (χ3v) is 3.69. The minimum Gasteiger partial charge on any atom is -0.488 e. The molecule has 2 aromatic rings. The normalized spacial score (nSPS) is 22.3. The Labute approximate surface area is 116 Å². The molecule has 1 aliphatic rings. The molecule has 19 heavy (non-hydrogen) atoms. The van der Waals surface area contributed by atoms with Crippen molar-refractivity contribution in [1.82, 2.24) is 9.97 Å². The Hall–Kier alpha value is -1.39. The molecule has 0 aromatic carbocycles. The van der Waals surface area contributed by atoms with Crippen molar-refractivity contribution < 1.29 is 9.47 Å². The molecule has 4 nitrogen and oxygen atoms in total. The standard InChI is InChI=1S/C14H15ClN2O2/c1-8-5-12(15)17-14-11(3-4-16-13(8)14)19-10-6-9(7-10)18-2/h3-5,9-10H,6-7H2,1-2H3/t9-,10+. The van der Waals surface area contributed by atoms with Crippen LogP contribution in [0, 0.1) is 6.92 Å². The van der Waals surface area contributed by atoms with Crippen LogP contribution >= 0.6 is 11.6 Å². The summed E-state index contributed by atoms with van der Waals surface area (Å²) < 4.78 is 11.2. The van der Waals surface area contributed by atoms with E-state index in [1.165, 1.54) is 0 Å². The summed E-state index contributed by atoms with van der Waals surface area (Å²) in [6.07, 6.45) is 4.08. The van der Waals surface area contributed by atoms with Crippen molar-refractivity contribution in [3.8, 4) is 5.75 Å². The minimum absolute atomic E-state index is 0.191. The van der Waals surface area contributed by atoms with E-state index in [1.807, 2.05) is 19.1 Å². The molecule has 5 heteroatoms. The maximum absolute atomic E-state index is 6.01. The van der Waals surface area contributed by atoms with E-state index in [4.69, 9.17) is 21.1 Å². The molecule has 0 N–H and O–H groups in total. The second-order valence-corrected chi connectivity index (χ2v) is 5.22. The summed E-state index contributed by atoms with van der Waals surface area (Å²) in [5.41, 5.74) is 2.57. The van der Waals surface area contributed by atoms with E-state index in [1.54, 1.807) is 13.3 Å². The molecule has 0 unspecified atom stereocenters. The lowest BCUT2D eigenvalue weighted by Crippen LogP contribution is -2.38. The van der Waals surface area contributed by atoms with Gasteiger partial charge < -0.3 is 9.47 Å². The van der Waals surface area contributed by atoms with Gasteiger partial charge in [-0.25, -0.2) is 4.98 Å². The van der Waals surface area contributed by atoms with Gasteiger partial charge in [0.1, 0.15) is 22.5 Å². The summed E-state index contributed by atoms with van der Waals surface area (Å²) in [4.78, 5) is 8.67. The molecule has 0 atom stereocenters. The highest BCUT2D eigenvalue weighted by Gasteiger charge is 2.31. The number of pyridine rings is 2. The molecule has 100 valence electrons. The van der Waals surface area contributed by atoms with E-state index >= 15 is 0 Å². The lowest BCUT2D eigenvalue weighted by atomic mass is 9.92. The number of methoxy groups -OCH3 is 1. The third kappa shape index (κ3) is 2.38. The second kappa shape index (κ2) is 4.94. The van der Waals surface area contributed by atoms with Crippen LogP contribution in [0.25, 0.3) is 11.0 Å². The van der Waals surface area contributed by atoms with Gasteiger partial charge in [0, 0.05) is 32.2 Å². The molecule has 2 aromatic heterocycles. The lowest BCUT2D eigenvalue weighted by Gasteiger charge is -2.34. The largest absolute Gasteiger partial charge is 0.488 e. The molecule has 0 bridgehead atoms. The van der Waals surface area contributed by atoms with Crippen molar-refractivity contribution in [1.29, 1.82) is 0 Å². The summed E-state index contributed by atoms with van der Waals surface area (Å²) in [5.74, 6) is 0.746. The van der Waals surface area contributed by atoms with E-state index in [9.17, 15) is 0 Å². The Bertz CT molecular complexity index is 612. The van der Waals surface area contributed by atoms with Gasteiger partial charge in [-0.2, -0.15) is 0 Å². The Morgan fingerprint density at radius 1 is 1.26 bits per heavy atom. The number of rotatable bonds is 3. The molecular weight excluding hydrogens is 264 g/mol. The molecule has 0 aliphatic heterocycles. The van der Waals surface area contributed by atoms with Crippen LogP contribution in [0.15, 0.2) is 18.3 Å². The van der Waals surface area contributed by atoms with Crippen LogP contribution in [0.3, 0.4) is 0 Å². The average molecular weight is 279 g/mol. The van der Waals surface area contributed by atoms with Crippen LogP contribution in [0.1, 0.15) is 18.4 Å². The van der Waals surface area contributed by atoms with Crippen LogP contribution in [-0.2, 0) is 4.74 Å². The Morgan fingerprint density at radius 3 is 2.79 bits per heavy atom. The SMILES string of the molecule is CO[C@H]1C[C@@H](Oc2ccnc3c(C)cc(Cl)nc23)C1. The zero-order chi connectivity index (χ0) is 13.4. The molecule has 0 spiro atoms. The number of hydrogen-bond acceptors (Lipinski definition) is 4. The average Bonchev–Trinajstić information content (AvgIpc) is 2.33. The molecule has 1 fully saturated rings. The zero-order valence-electron chi connectivity index (χ0n) is 10.9. The summed E-state index contributed by atoms with van der Waals surface area (Å²) in [5, 5.41) is 0.464. The maximum atomic E-state index is 6.01. The van der Waals surface area contributed by atoms with Gasteiger partial charge in [-0.15, -0.1) is 0 Å². The van der Waals surface area contributed by atoms with Crippen LogP contribution in [0.4, 0.5) is 0 Å². The zero-order valence-corrected chi connectivity index (χ0v) is 11.6. The molecule has 1 saturated carbocycles. The van der Waals surface area contributed by atoms with Gasteiger partial charge in [0.15, 0.2) is 0 Å². The van der Waals surface area contributed by atoms with Gasteiger partial charge in [-0.3, -0.25) is 4.98 Å². The Kier molecular flexibility index (Phi) is 3.29. The summed E-state index contributed by atoms with van der Waals surface area (Å²) in [6.45, 7) is 1.97. The first kappa shape index (κ1) is 12.6. The molecule has 1 aliphatic carbocycles. The number of halogens is 1. The van der Waals surface area contributed by atoms with Crippen molar-refractivity contribution >= 4 is 22.6 Å². The predicted octanol–water partition coefficient (Wildman–Crippen LogP) is 3.15. The molecule has 3 rings (SSSR count). The number of aromatic nitrogens is 2. The van der Waals surface area contributed by atoms with Gasteiger partial charge >= 0.3 is 0 Å². The maximum Gasteiger partial charge on any atom is 0.149 e. The number of fused-ring (bicyclic) bond motifs is 1. The van der Waals surface area contributed by atoms with E-state index in [0.717, 1.165) is 35.2 Å².